The fraction of sp³-hybridized carbons (Fsp3) is 0.735. The Balaban J connectivity index is -0.0000000979. The first-order valence-electron chi connectivity index (χ1n) is 22.4. The summed E-state index contributed by atoms with van der Waals surface area (Å²) in [6, 6.07) is 0. The molecule has 0 saturated carbocycles. The number of ether oxygens (including phenoxy) is 1. The molecule has 0 aromatic rings. The van der Waals surface area contributed by atoms with Crippen molar-refractivity contribution in [3.8, 4) is 0 Å². The number of carboxylic acid groups (broad SMARTS) is 1. The van der Waals surface area contributed by atoms with Gasteiger partial charge in [-0.3, -0.25) is 27.0 Å². The predicted molar refractivity (Wildman–Crippen MR) is 245 cm³/mol. The number of amides is 1. The van der Waals surface area contributed by atoms with E-state index in [1.807, 2.05) is 26.4 Å². The van der Waals surface area contributed by atoms with Gasteiger partial charge in [0.25, 0.3) is 0 Å². The summed E-state index contributed by atoms with van der Waals surface area (Å²) in [6.45, 7) is 22.9. The summed E-state index contributed by atoms with van der Waals surface area (Å²) in [6.07, 6.45) is 43.4. The van der Waals surface area contributed by atoms with Crippen LogP contribution in [0.15, 0.2) is 24.3 Å². The summed E-state index contributed by atoms with van der Waals surface area (Å²) in [7, 11) is 1.31. The summed E-state index contributed by atoms with van der Waals surface area (Å²) >= 11 is 0. The Bertz CT molecular complexity index is 821. The number of hydrogen-bond acceptors (Lipinski definition) is 6. The van der Waals surface area contributed by atoms with Gasteiger partial charge in [-0.1, -0.05) is 142 Å². The third kappa shape index (κ3) is 107. The van der Waals surface area contributed by atoms with Crippen molar-refractivity contribution in [3.63, 3.8) is 0 Å². The molecule has 0 unspecified atom stereocenters. The molecule has 1 amide bonds. The van der Waals surface area contributed by atoms with Crippen molar-refractivity contribution in [2.24, 2.45) is 0 Å². The van der Waals surface area contributed by atoms with Gasteiger partial charge in [-0.25, -0.2) is 0 Å². The van der Waals surface area contributed by atoms with Gasteiger partial charge in [0.15, 0.2) is 0 Å². The number of allylic oxidation sites excluding steroid dienone is 4. The molecule has 0 aliphatic rings. The van der Waals surface area contributed by atoms with Gasteiger partial charge in [-0.2, -0.15) is 38.5 Å². The SMILES string of the molecule is CCCCCC[C-]=O.CCCCCC[C-]=O.[CH2-]CC.[CH2-]CC.[CH2-]CCC/C=C\CCCCCCC(=O)NCC(=O)OC.[CH2-]CCC/C=C\CCCCCCC(=O)O.[Ni+3].[Ni+3]. The Morgan fingerprint density at radius 2 is 0.881 bits per heavy atom. The minimum atomic E-state index is -0.678. The van der Waals surface area contributed by atoms with Crippen molar-refractivity contribution in [1.29, 1.82) is 0 Å². The number of aliphatic carboxylic acids is 1. The maximum atomic E-state index is 11.4. The van der Waals surface area contributed by atoms with Gasteiger partial charge >= 0.3 is 44.9 Å². The first-order valence-corrected chi connectivity index (χ1v) is 22.4. The standard InChI is InChI=1S/C16H28NO3.C13H23O2.2C7H13O.2C3H7.2Ni/c1-3-4-5-6-7-8-9-10-11-12-13-15(18)17-14-16(19)20-2;1-2-3-4-5-6-7-8-9-10-11-12-13(14)15;2*1-2-3-4-5-6-7-8;2*1-3-2;;/h6-7H,1,3-5,8-14H2,2H3,(H,17,18);5-6H,1-4,7-12H2,(H,14,15);2*2-6H2,1H3;2*1,3H2,2H3;;/q6*-1;2*+3/b7-6-;6-5-;;;;;;. The largest absolute Gasteiger partial charge is 3.00 e. The Kier molecular flexibility index (Phi) is 102. The van der Waals surface area contributed by atoms with E-state index < -0.39 is 11.9 Å². The predicted octanol–water partition coefficient (Wildman–Crippen LogP) is 13.7. The minimum Gasteiger partial charge on any atom is -0.542 e. The maximum Gasteiger partial charge on any atom is 3.00 e. The zero-order valence-electron chi connectivity index (χ0n) is 38.6. The van der Waals surface area contributed by atoms with E-state index in [-0.39, 0.29) is 45.4 Å². The molecule has 0 fully saturated rings. The van der Waals surface area contributed by atoms with Crippen LogP contribution in [0.3, 0.4) is 0 Å². The average molecular weight is 924 g/mol. The van der Waals surface area contributed by atoms with E-state index in [4.69, 9.17) is 5.11 Å². The molecule has 0 aromatic heterocycles. The minimum absolute atomic E-state index is 0. The van der Waals surface area contributed by atoms with E-state index in [0.29, 0.717) is 25.7 Å². The normalized spacial score (nSPS) is 9.51. The second-order valence-electron chi connectivity index (χ2n) is 13.5. The summed E-state index contributed by atoms with van der Waals surface area (Å²) < 4.78 is 4.44. The molecule has 0 atom stereocenters. The molecule has 0 bridgehead atoms. The van der Waals surface area contributed by atoms with Gasteiger partial charge in [0.1, 0.15) is 6.54 Å². The van der Waals surface area contributed by atoms with Crippen LogP contribution in [0.1, 0.15) is 220 Å². The van der Waals surface area contributed by atoms with E-state index in [1.54, 1.807) is 0 Å². The Hall–Kier alpha value is -1.78. The van der Waals surface area contributed by atoms with Gasteiger partial charge in [-0.15, -0.1) is 0 Å². The quantitative estimate of drug-likeness (QED) is 0.0226. The molecule has 8 nitrogen and oxygen atoms in total. The molecule has 2 N–H and O–H groups in total. The molecule has 354 valence electrons. The second kappa shape index (κ2) is 80.2. The van der Waals surface area contributed by atoms with Crippen molar-refractivity contribution in [2.45, 2.75) is 220 Å². The van der Waals surface area contributed by atoms with Crippen LogP contribution < -0.4 is 5.32 Å². The van der Waals surface area contributed by atoms with Crippen LogP contribution in [0.4, 0.5) is 0 Å². The number of nitrogens with one attached hydrogen (secondary N) is 1. The molecule has 0 rings (SSSR count). The number of carbonyl (C=O) groups is 3. The molecule has 0 aliphatic carbocycles. The number of unbranched alkanes of at least 4 members (excludes halogenated alkanes) is 20. The molecule has 0 spiro atoms. The number of hydrogen-bond donors (Lipinski definition) is 2. The van der Waals surface area contributed by atoms with Crippen LogP contribution in [0.2, 0.25) is 0 Å². The molecular formula is C49H91NNi2O7. The van der Waals surface area contributed by atoms with Crippen molar-refractivity contribution in [1.82, 2.24) is 5.32 Å². The van der Waals surface area contributed by atoms with E-state index in [9.17, 15) is 24.0 Å². The first kappa shape index (κ1) is 74.7. The maximum absolute atomic E-state index is 11.4. The number of methoxy groups -OCH3 is 1. The van der Waals surface area contributed by atoms with Crippen molar-refractivity contribution in [3.05, 3.63) is 52.0 Å². The fourth-order valence-corrected chi connectivity index (χ4v) is 4.37. The molecule has 0 saturated heterocycles. The summed E-state index contributed by atoms with van der Waals surface area (Å²) in [4.78, 5) is 51.7. The number of esters is 1. The zero-order valence-corrected chi connectivity index (χ0v) is 40.6. The van der Waals surface area contributed by atoms with Crippen molar-refractivity contribution >= 4 is 30.4 Å². The topological polar surface area (TPSA) is 127 Å². The Morgan fingerprint density at radius 1 is 0.542 bits per heavy atom. The van der Waals surface area contributed by atoms with Crippen LogP contribution in [0.25, 0.3) is 0 Å². The van der Waals surface area contributed by atoms with Crippen LogP contribution >= 0.6 is 0 Å². The number of carbonyl (C=O) groups excluding carboxylic acids is 4. The molecule has 59 heavy (non-hydrogen) atoms. The van der Waals surface area contributed by atoms with Crippen molar-refractivity contribution < 1.29 is 66.8 Å². The average Bonchev–Trinajstić information content (AvgIpc) is 3.20. The Morgan fingerprint density at radius 3 is 1.20 bits per heavy atom. The van der Waals surface area contributed by atoms with Gasteiger partial charge in [-0.05, 0) is 51.4 Å². The summed E-state index contributed by atoms with van der Waals surface area (Å²) in [5.41, 5.74) is 0. The van der Waals surface area contributed by atoms with Crippen LogP contribution in [-0.2, 0) is 61.7 Å². The monoisotopic (exact) mass is 922 g/mol. The third-order valence-electron chi connectivity index (χ3n) is 7.53. The summed E-state index contributed by atoms with van der Waals surface area (Å²) in [5, 5.41) is 11.0. The van der Waals surface area contributed by atoms with Crippen molar-refractivity contribution in [2.75, 3.05) is 13.7 Å². The summed E-state index contributed by atoms with van der Waals surface area (Å²) in [5.74, 6) is -1.17. The third-order valence-corrected chi connectivity index (χ3v) is 7.53. The van der Waals surface area contributed by atoms with Gasteiger partial charge < -0.3 is 52.4 Å². The van der Waals surface area contributed by atoms with E-state index in [1.165, 1.54) is 64.9 Å². The second-order valence-corrected chi connectivity index (χ2v) is 13.5. The number of carboxylic acids is 1. The van der Waals surface area contributed by atoms with Gasteiger partial charge in [0.05, 0.1) is 7.11 Å². The molecular weight excluding hydrogens is 832 g/mol. The fourth-order valence-electron chi connectivity index (χ4n) is 4.37. The molecule has 0 aliphatic heterocycles. The van der Waals surface area contributed by atoms with E-state index in [2.05, 4.69) is 75.9 Å². The Labute approximate surface area is 386 Å². The number of rotatable bonds is 32. The molecule has 2 radical (unpaired) electrons. The van der Waals surface area contributed by atoms with Crippen LogP contribution in [-0.4, -0.2) is 49.2 Å². The van der Waals surface area contributed by atoms with E-state index >= 15 is 0 Å². The smallest absolute Gasteiger partial charge is 0.542 e. The van der Waals surface area contributed by atoms with Gasteiger partial charge in [0, 0.05) is 12.8 Å². The van der Waals surface area contributed by atoms with E-state index in [0.717, 1.165) is 109 Å². The van der Waals surface area contributed by atoms with Crippen LogP contribution in [0.5, 0.6) is 0 Å². The first-order chi connectivity index (χ1) is 27.6. The van der Waals surface area contributed by atoms with Crippen LogP contribution in [0, 0.1) is 27.7 Å². The zero-order chi connectivity index (χ0) is 44.3. The molecule has 0 aromatic carbocycles. The molecule has 10 heteroatoms. The molecule has 0 heterocycles. The van der Waals surface area contributed by atoms with Gasteiger partial charge in [0.2, 0.25) is 5.91 Å².